The van der Waals surface area contributed by atoms with Gasteiger partial charge in [-0.3, -0.25) is 4.79 Å². The minimum atomic E-state index is -2.56. The summed E-state index contributed by atoms with van der Waals surface area (Å²) >= 11 is 0. The molecule has 0 radical (unpaired) electrons. The summed E-state index contributed by atoms with van der Waals surface area (Å²) in [4.78, 5) is 14.0. The number of nitrogens with zero attached hydrogens (tertiary/aromatic N) is 1. The molecule has 1 aromatic rings. The molecule has 1 saturated carbocycles. The highest BCUT2D eigenvalue weighted by Crippen LogP contribution is 2.52. The number of aliphatic hydroxyl groups excluding tert-OH is 1. The first-order chi connectivity index (χ1) is 12.3. The Morgan fingerprint density at radius 1 is 1.35 bits per heavy atom. The number of carbonyl (C=O) groups excluding carboxylic acids is 1. The van der Waals surface area contributed by atoms with E-state index in [1.807, 2.05) is 0 Å². The molecule has 1 aromatic carbocycles. The Labute approximate surface area is 154 Å². The summed E-state index contributed by atoms with van der Waals surface area (Å²) in [6.07, 6.45) is 0.131. The maximum Gasteiger partial charge on any atom is 0.239 e. The first-order valence-electron chi connectivity index (χ1n) is 9.61. The smallest absolute Gasteiger partial charge is 0.239 e. The second-order valence-electron chi connectivity index (χ2n) is 8.47. The van der Waals surface area contributed by atoms with Crippen molar-refractivity contribution in [2.45, 2.75) is 57.8 Å². The second kappa shape index (κ2) is 7.63. The van der Waals surface area contributed by atoms with Crippen LogP contribution >= 0.6 is 0 Å². The van der Waals surface area contributed by atoms with Crippen LogP contribution in [0.2, 0.25) is 0 Å². The van der Waals surface area contributed by atoms with Gasteiger partial charge in [0.1, 0.15) is 0 Å². The van der Waals surface area contributed by atoms with Gasteiger partial charge in [0.2, 0.25) is 12.3 Å². The van der Waals surface area contributed by atoms with Crippen LogP contribution in [0.4, 0.5) is 8.78 Å². The molecule has 1 heterocycles. The highest BCUT2D eigenvalue weighted by atomic mass is 19.3. The second-order valence-corrected chi connectivity index (χ2v) is 8.47. The molecule has 3 rings (SSSR count). The SMILES string of the molecule is CC(C)c1cccc(C2CCC3(C2)CN(C(=O)[C@@H](CO)CC(F)F)C3)c1. The molecular weight excluding hydrogens is 336 g/mol. The summed E-state index contributed by atoms with van der Waals surface area (Å²) in [6, 6.07) is 8.80. The molecule has 1 saturated heterocycles. The van der Waals surface area contributed by atoms with E-state index in [9.17, 15) is 18.7 Å². The van der Waals surface area contributed by atoms with Crippen molar-refractivity contribution in [3.05, 3.63) is 35.4 Å². The van der Waals surface area contributed by atoms with Crippen molar-refractivity contribution in [3.8, 4) is 0 Å². The van der Waals surface area contributed by atoms with E-state index in [4.69, 9.17) is 0 Å². The van der Waals surface area contributed by atoms with Gasteiger partial charge in [0, 0.05) is 24.9 Å². The molecular formula is C21H29F2NO2. The Hall–Kier alpha value is -1.49. The van der Waals surface area contributed by atoms with Crippen LogP contribution in [-0.4, -0.2) is 42.0 Å². The van der Waals surface area contributed by atoms with Gasteiger partial charge in [-0.15, -0.1) is 0 Å². The van der Waals surface area contributed by atoms with Gasteiger partial charge in [-0.05, 0) is 42.2 Å². The zero-order chi connectivity index (χ0) is 18.9. The zero-order valence-corrected chi connectivity index (χ0v) is 15.6. The summed E-state index contributed by atoms with van der Waals surface area (Å²) in [5, 5.41) is 9.25. The third-order valence-corrected chi connectivity index (χ3v) is 6.15. The lowest BCUT2D eigenvalue weighted by Crippen LogP contribution is -2.59. The lowest BCUT2D eigenvalue weighted by molar-refractivity contribution is -0.150. The number of hydrogen-bond acceptors (Lipinski definition) is 2. The lowest BCUT2D eigenvalue weighted by atomic mass is 9.76. The van der Waals surface area contributed by atoms with Gasteiger partial charge in [0.15, 0.2) is 0 Å². The van der Waals surface area contributed by atoms with Crippen molar-refractivity contribution in [3.63, 3.8) is 0 Å². The van der Waals surface area contributed by atoms with Crippen LogP contribution in [0.25, 0.3) is 0 Å². The fraction of sp³-hybridized carbons (Fsp3) is 0.667. The molecule has 0 bridgehead atoms. The Balaban J connectivity index is 1.59. The minimum absolute atomic E-state index is 0.138. The van der Waals surface area contributed by atoms with Crippen LogP contribution in [0.5, 0.6) is 0 Å². The monoisotopic (exact) mass is 365 g/mol. The van der Waals surface area contributed by atoms with Crippen molar-refractivity contribution in [2.24, 2.45) is 11.3 Å². The zero-order valence-electron chi connectivity index (χ0n) is 15.6. The highest BCUT2D eigenvalue weighted by molar-refractivity contribution is 5.80. The summed E-state index contributed by atoms with van der Waals surface area (Å²) in [6.45, 7) is 5.18. The topological polar surface area (TPSA) is 40.5 Å². The predicted molar refractivity (Wildman–Crippen MR) is 97.3 cm³/mol. The number of alkyl halides is 2. The molecule has 1 amide bonds. The van der Waals surface area contributed by atoms with Crippen LogP contribution in [0, 0.1) is 11.3 Å². The molecule has 1 unspecified atom stereocenters. The fourth-order valence-corrected chi connectivity index (χ4v) is 4.60. The molecule has 2 fully saturated rings. The quantitative estimate of drug-likeness (QED) is 0.822. The number of likely N-dealkylation sites (tertiary alicyclic amines) is 1. The van der Waals surface area contributed by atoms with Gasteiger partial charge in [0.25, 0.3) is 0 Å². The largest absolute Gasteiger partial charge is 0.396 e. The van der Waals surface area contributed by atoms with Crippen molar-refractivity contribution in [2.75, 3.05) is 19.7 Å². The number of aliphatic hydroxyl groups is 1. The normalized spacial score (nSPS) is 22.9. The van der Waals surface area contributed by atoms with Crippen molar-refractivity contribution < 1.29 is 18.7 Å². The van der Waals surface area contributed by atoms with Crippen LogP contribution in [-0.2, 0) is 4.79 Å². The summed E-state index contributed by atoms with van der Waals surface area (Å²) < 4.78 is 25.1. The van der Waals surface area contributed by atoms with E-state index in [0.717, 1.165) is 19.3 Å². The van der Waals surface area contributed by atoms with E-state index >= 15 is 0 Å². The molecule has 2 atom stereocenters. The average molecular weight is 365 g/mol. The Morgan fingerprint density at radius 2 is 2.08 bits per heavy atom. The molecule has 1 spiro atoms. The number of hydrogen-bond donors (Lipinski definition) is 1. The van der Waals surface area contributed by atoms with E-state index in [1.54, 1.807) is 4.90 Å². The Morgan fingerprint density at radius 3 is 2.69 bits per heavy atom. The van der Waals surface area contributed by atoms with Crippen LogP contribution in [0.1, 0.15) is 62.5 Å². The Bertz CT molecular complexity index is 641. The lowest BCUT2D eigenvalue weighted by Gasteiger charge is -2.49. The van der Waals surface area contributed by atoms with Crippen molar-refractivity contribution >= 4 is 5.91 Å². The van der Waals surface area contributed by atoms with Crippen molar-refractivity contribution in [1.29, 1.82) is 0 Å². The number of rotatable bonds is 6. The molecule has 2 aliphatic rings. The standard InChI is InChI=1S/C21H29F2NO2/c1-14(2)15-4-3-5-16(8-15)17-6-7-21(10-17)12-24(13-21)20(26)18(11-25)9-19(22)23/h3-5,8,14,17-19,25H,6-7,9-13H2,1-2H3/t17?,18-/m1/s1. The maximum absolute atomic E-state index is 12.6. The van der Waals surface area contributed by atoms with Crippen molar-refractivity contribution in [1.82, 2.24) is 4.90 Å². The fourth-order valence-electron chi connectivity index (χ4n) is 4.60. The number of carbonyl (C=O) groups is 1. The number of benzene rings is 1. The van der Waals surface area contributed by atoms with E-state index < -0.39 is 25.4 Å². The molecule has 144 valence electrons. The molecule has 1 aliphatic heterocycles. The minimum Gasteiger partial charge on any atom is -0.396 e. The molecule has 26 heavy (non-hydrogen) atoms. The molecule has 0 aromatic heterocycles. The first-order valence-corrected chi connectivity index (χ1v) is 9.61. The summed E-state index contributed by atoms with van der Waals surface area (Å²) in [5.74, 6) is -0.260. The van der Waals surface area contributed by atoms with Gasteiger partial charge in [-0.25, -0.2) is 8.78 Å². The van der Waals surface area contributed by atoms with E-state index in [1.165, 1.54) is 11.1 Å². The van der Waals surface area contributed by atoms with Gasteiger partial charge >= 0.3 is 0 Å². The van der Waals surface area contributed by atoms with Gasteiger partial charge < -0.3 is 10.0 Å². The average Bonchev–Trinajstić information content (AvgIpc) is 3.03. The summed E-state index contributed by atoms with van der Waals surface area (Å²) in [5.41, 5.74) is 2.87. The van der Waals surface area contributed by atoms with E-state index in [0.29, 0.717) is 24.9 Å². The molecule has 1 aliphatic carbocycles. The Kier molecular flexibility index (Phi) is 5.66. The summed E-state index contributed by atoms with van der Waals surface area (Å²) in [7, 11) is 0. The van der Waals surface area contributed by atoms with Crippen LogP contribution in [0.15, 0.2) is 24.3 Å². The van der Waals surface area contributed by atoms with Gasteiger partial charge in [-0.2, -0.15) is 0 Å². The van der Waals surface area contributed by atoms with E-state index in [2.05, 4.69) is 38.1 Å². The van der Waals surface area contributed by atoms with E-state index in [-0.39, 0.29) is 11.3 Å². The predicted octanol–water partition coefficient (Wildman–Crippen LogP) is 4.17. The maximum atomic E-state index is 12.6. The third-order valence-electron chi connectivity index (χ3n) is 6.15. The van der Waals surface area contributed by atoms with Crippen LogP contribution < -0.4 is 0 Å². The van der Waals surface area contributed by atoms with Gasteiger partial charge in [-0.1, -0.05) is 38.1 Å². The number of amides is 1. The highest BCUT2D eigenvalue weighted by Gasteiger charge is 2.50. The molecule has 5 heteroatoms. The molecule has 1 N–H and O–H groups in total. The van der Waals surface area contributed by atoms with Crippen LogP contribution in [0.3, 0.4) is 0 Å². The van der Waals surface area contributed by atoms with Gasteiger partial charge in [0.05, 0.1) is 12.5 Å². The molecule has 3 nitrogen and oxygen atoms in total. The third kappa shape index (κ3) is 3.93. The first kappa shape index (κ1) is 19.3. The number of halogens is 2.